The zero-order valence-electron chi connectivity index (χ0n) is 16.7. The zero-order valence-corrected chi connectivity index (χ0v) is 16.7. The van der Waals surface area contributed by atoms with Crippen LogP contribution in [0.2, 0.25) is 0 Å². The molecule has 4 nitrogen and oxygen atoms in total. The van der Waals surface area contributed by atoms with Gasteiger partial charge in [0.25, 0.3) is 0 Å². The summed E-state index contributed by atoms with van der Waals surface area (Å²) in [7, 11) is 3.41. The molecular weight excluding hydrogens is 350 g/mol. The molecule has 0 aliphatic heterocycles. The van der Waals surface area contributed by atoms with Gasteiger partial charge in [-0.2, -0.15) is 0 Å². The number of benzene rings is 2. The molecule has 1 amide bonds. The first-order chi connectivity index (χ1) is 13.5. The van der Waals surface area contributed by atoms with Crippen molar-refractivity contribution in [2.45, 2.75) is 44.4 Å². The number of hydrogen-bond acceptors (Lipinski definition) is 3. The molecule has 0 spiro atoms. The summed E-state index contributed by atoms with van der Waals surface area (Å²) in [5.74, 6) is 3.74. The highest BCUT2D eigenvalue weighted by Gasteiger charge is 2.53. The lowest BCUT2D eigenvalue weighted by atomic mass is 9.63. The summed E-state index contributed by atoms with van der Waals surface area (Å²) in [6, 6.07) is 8.48. The molecule has 4 heteroatoms. The molecule has 146 valence electrons. The summed E-state index contributed by atoms with van der Waals surface area (Å²) in [6.07, 6.45) is 4.18. The van der Waals surface area contributed by atoms with E-state index in [-0.39, 0.29) is 5.91 Å². The molecule has 3 aliphatic carbocycles. The normalized spacial score (nSPS) is 26.4. The third-order valence-corrected chi connectivity index (χ3v) is 7.39. The van der Waals surface area contributed by atoms with E-state index in [9.17, 15) is 4.79 Å². The summed E-state index contributed by atoms with van der Waals surface area (Å²) in [5.41, 5.74) is 13.2. The Morgan fingerprint density at radius 1 is 1.07 bits per heavy atom. The molecule has 4 atom stereocenters. The van der Waals surface area contributed by atoms with Crippen molar-refractivity contribution in [2.24, 2.45) is 17.6 Å². The molecule has 28 heavy (non-hydrogen) atoms. The van der Waals surface area contributed by atoms with E-state index in [2.05, 4.69) is 31.2 Å². The van der Waals surface area contributed by atoms with Gasteiger partial charge in [0.1, 0.15) is 0 Å². The predicted octanol–water partition coefficient (Wildman–Crippen LogP) is 4.32. The van der Waals surface area contributed by atoms with Gasteiger partial charge in [0.2, 0.25) is 5.91 Å². The standard InChI is InChI=1S/C24H27NO3/c1-12-20-17(11-18(27-2)24(12)28-3)16-6-4-5-13(10-19(25)26)21(16)23-15-8-7-14(9-15)22(20)23/h4-6,11,14-15,22-23H,7-10H2,1-3H3,(H2,25,26). The highest BCUT2D eigenvalue weighted by molar-refractivity contribution is 5.84. The van der Waals surface area contributed by atoms with Crippen LogP contribution < -0.4 is 15.2 Å². The van der Waals surface area contributed by atoms with Gasteiger partial charge in [-0.3, -0.25) is 4.79 Å². The van der Waals surface area contributed by atoms with E-state index < -0.39 is 0 Å². The SMILES string of the molecule is COc1cc2c(c(C)c1OC)C1C3CCC(C3)C1c1c(CC(N)=O)cccc1-2. The van der Waals surface area contributed by atoms with Crippen molar-refractivity contribution >= 4 is 5.91 Å². The number of amides is 1. The monoisotopic (exact) mass is 377 g/mol. The molecule has 5 rings (SSSR count). The third-order valence-electron chi connectivity index (χ3n) is 7.39. The molecule has 4 unspecified atom stereocenters. The Hall–Kier alpha value is -2.49. The van der Waals surface area contributed by atoms with Crippen molar-refractivity contribution in [3.63, 3.8) is 0 Å². The fourth-order valence-electron chi connectivity index (χ4n) is 6.55. The number of nitrogens with two attached hydrogens (primary N) is 1. The second kappa shape index (κ2) is 6.26. The molecule has 0 radical (unpaired) electrons. The Kier molecular flexibility index (Phi) is 3.94. The van der Waals surface area contributed by atoms with Crippen molar-refractivity contribution in [1.29, 1.82) is 0 Å². The Labute approximate surface area is 166 Å². The van der Waals surface area contributed by atoms with E-state index in [1.807, 2.05) is 0 Å². The van der Waals surface area contributed by atoms with Crippen LogP contribution in [0.4, 0.5) is 0 Å². The number of carbonyl (C=O) groups is 1. The summed E-state index contributed by atoms with van der Waals surface area (Å²) >= 11 is 0. The Balaban J connectivity index is 1.83. The first-order valence-corrected chi connectivity index (χ1v) is 10.2. The van der Waals surface area contributed by atoms with Gasteiger partial charge < -0.3 is 15.2 Å². The Bertz CT molecular complexity index is 980. The summed E-state index contributed by atoms with van der Waals surface area (Å²) in [6.45, 7) is 2.17. The largest absolute Gasteiger partial charge is 0.493 e. The summed E-state index contributed by atoms with van der Waals surface area (Å²) in [4.78, 5) is 11.8. The maximum Gasteiger partial charge on any atom is 0.221 e. The van der Waals surface area contributed by atoms with Crippen LogP contribution in [0.1, 0.15) is 53.4 Å². The average Bonchev–Trinajstić information content (AvgIpc) is 3.29. The molecule has 2 fully saturated rings. The topological polar surface area (TPSA) is 61.6 Å². The minimum atomic E-state index is -0.262. The van der Waals surface area contributed by atoms with E-state index in [0.717, 1.165) is 17.1 Å². The fraction of sp³-hybridized carbons (Fsp3) is 0.458. The van der Waals surface area contributed by atoms with Crippen LogP contribution >= 0.6 is 0 Å². The molecule has 2 saturated carbocycles. The lowest BCUT2D eigenvalue weighted by molar-refractivity contribution is -0.117. The van der Waals surface area contributed by atoms with Crippen LogP contribution in [0.25, 0.3) is 11.1 Å². The second-order valence-electron chi connectivity index (χ2n) is 8.60. The second-order valence-corrected chi connectivity index (χ2v) is 8.60. The summed E-state index contributed by atoms with van der Waals surface area (Å²) in [5, 5.41) is 0. The fourth-order valence-corrected chi connectivity index (χ4v) is 6.55. The van der Waals surface area contributed by atoms with Crippen LogP contribution in [-0.2, 0) is 11.2 Å². The van der Waals surface area contributed by atoms with Gasteiger partial charge in [-0.15, -0.1) is 0 Å². The van der Waals surface area contributed by atoms with Crippen molar-refractivity contribution < 1.29 is 14.3 Å². The van der Waals surface area contributed by atoms with Crippen molar-refractivity contribution in [3.05, 3.63) is 46.5 Å². The highest BCUT2D eigenvalue weighted by Crippen LogP contribution is 2.67. The average molecular weight is 377 g/mol. The first-order valence-electron chi connectivity index (χ1n) is 10.2. The minimum absolute atomic E-state index is 0.262. The molecule has 0 aromatic heterocycles. The number of fused-ring (bicyclic) bond motifs is 10. The van der Waals surface area contributed by atoms with Crippen LogP contribution in [-0.4, -0.2) is 20.1 Å². The Morgan fingerprint density at radius 3 is 2.43 bits per heavy atom. The van der Waals surface area contributed by atoms with Crippen molar-refractivity contribution in [3.8, 4) is 22.6 Å². The molecule has 2 aromatic rings. The van der Waals surface area contributed by atoms with Gasteiger partial charge in [0.05, 0.1) is 20.6 Å². The third kappa shape index (κ3) is 2.27. The van der Waals surface area contributed by atoms with Gasteiger partial charge in [0, 0.05) is 0 Å². The van der Waals surface area contributed by atoms with Gasteiger partial charge in [-0.25, -0.2) is 0 Å². The van der Waals surface area contributed by atoms with E-state index in [1.54, 1.807) is 14.2 Å². The lowest BCUT2D eigenvalue weighted by Gasteiger charge is -2.41. The summed E-state index contributed by atoms with van der Waals surface area (Å²) < 4.78 is 11.4. The van der Waals surface area contributed by atoms with Crippen LogP contribution in [0, 0.1) is 18.8 Å². The number of carbonyl (C=O) groups excluding carboxylic acids is 1. The number of hydrogen-bond donors (Lipinski definition) is 1. The van der Waals surface area contributed by atoms with Crippen LogP contribution in [0.5, 0.6) is 11.5 Å². The van der Waals surface area contributed by atoms with Crippen molar-refractivity contribution in [2.75, 3.05) is 14.2 Å². The van der Waals surface area contributed by atoms with Gasteiger partial charge in [-0.05, 0) is 89.3 Å². The van der Waals surface area contributed by atoms with E-state index in [1.165, 1.54) is 47.1 Å². The predicted molar refractivity (Wildman–Crippen MR) is 109 cm³/mol. The van der Waals surface area contributed by atoms with Crippen LogP contribution in [0.3, 0.4) is 0 Å². The first kappa shape index (κ1) is 17.6. The zero-order chi connectivity index (χ0) is 19.6. The molecular formula is C24H27NO3. The number of methoxy groups -OCH3 is 2. The molecule has 3 aliphatic rings. The molecule has 0 heterocycles. The van der Waals surface area contributed by atoms with E-state index >= 15 is 0 Å². The molecule has 2 aromatic carbocycles. The van der Waals surface area contributed by atoms with E-state index in [0.29, 0.717) is 30.1 Å². The maximum absolute atomic E-state index is 11.8. The number of rotatable bonds is 4. The smallest absolute Gasteiger partial charge is 0.221 e. The number of primary amides is 1. The number of ether oxygens (including phenoxy) is 2. The quantitative estimate of drug-likeness (QED) is 0.863. The molecule has 2 bridgehead atoms. The van der Waals surface area contributed by atoms with Gasteiger partial charge in [-0.1, -0.05) is 18.2 Å². The van der Waals surface area contributed by atoms with E-state index in [4.69, 9.17) is 15.2 Å². The maximum atomic E-state index is 11.8. The molecule has 2 N–H and O–H groups in total. The Morgan fingerprint density at radius 2 is 1.79 bits per heavy atom. The van der Waals surface area contributed by atoms with Crippen molar-refractivity contribution in [1.82, 2.24) is 0 Å². The van der Waals surface area contributed by atoms with Gasteiger partial charge in [0.15, 0.2) is 11.5 Å². The van der Waals surface area contributed by atoms with Gasteiger partial charge >= 0.3 is 0 Å². The lowest BCUT2D eigenvalue weighted by Crippen LogP contribution is -2.27. The molecule has 0 saturated heterocycles. The minimum Gasteiger partial charge on any atom is -0.493 e. The van der Waals surface area contributed by atoms with Crippen LogP contribution in [0.15, 0.2) is 24.3 Å². The highest BCUT2D eigenvalue weighted by atomic mass is 16.5.